The quantitative estimate of drug-likeness (QED) is 0.647. The molecule has 1 nitrogen and oxygen atoms in total. The van der Waals surface area contributed by atoms with E-state index in [1.54, 1.807) is 0 Å². The first kappa shape index (κ1) is 13.8. The Morgan fingerprint density at radius 2 is 2.06 bits per heavy atom. The zero-order chi connectivity index (χ0) is 12.8. The van der Waals surface area contributed by atoms with Gasteiger partial charge in [-0.1, -0.05) is 31.6 Å². The van der Waals surface area contributed by atoms with Crippen LogP contribution < -0.4 is 4.90 Å². The summed E-state index contributed by atoms with van der Waals surface area (Å²) in [6, 6.07) is 8.88. The molecule has 0 saturated heterocycles. The molecule has 17 heavy (non-hydrogen) atoms. The molecule has 0 atom stereocenters. The van der Waals surface area contributed by atoms with E-state index < -0.39 is 0 Å². The van der Waals surface area contributed by atoms with Crippen molar-refractivity contribution in [3.63, 3.8) is 0 Å². The van der Waals surface area contributed by atoms with Gasteiger partial charge in [0, 0.05) is 18.8 Å². The number of nitrogens with zero attached hydrogens (tertiary/aromatic N) is 1. The van der Waals surface area contributed by atoms with Crippen molar-refractivity contribution in [2.24, 2.45) is 0 Å². The topological polar surface area (TPSA) is 3.24 Å². The molecule has 0 unspecified atom stereocenters. The van der Waals surface area contributed by atoms with Crippen LogP contribution in [0.4, 0.5) is 5.69 Å². The van der Waals surface area contributed by atoms with Crippen molar-refractivity contribution in [3.8, 4) is 0 Å². The molecular formula is C16H25N. The van der Waals surface area contributed by atoms with Gasteiger partial charge in [-0.2, -0.15) is 0 Å². The molecule has 94 valence electrons. The highest BCUT2D eigenvalue weighted by molar-refractivity contribution is 5.49. The van der Waals surface area contributed by atoms with Crippen LogP contribution in [0.25, 0.3) is 0 Å². The van der Waals surface area contributed by atoms with E-state index in [1.807, 2.05) is 0 Å². The van der Waals surface area contributed by atoms with Crippen molar-refractivity contribution in [1.82, 2.24) is 0 Å². The minimum Gasteiger partial charge on any atom is -0.371 e. The van der Waals surface area contributed by atoms with Gasteiger partial charge in [-0.15, -0.1) is 6.58 Å². The molecule has 0 N–H and O–H groups in total. The zero-order valence-electron chi connectivity index (χ0n) is 11.7. The number of hydrogen-bond acceptors (Lipinski definition) is 1. The van der Waals surface area contributed by atoms with Gasteiger partial charge in [0.25, 0.3) is 0 Å². The summed E-state index contributed by atoms with van der Waals surface area (Å²) in [5.41, 5.74) is 4.00. The highest BCUT2D eigenvalue weighted by atomic mass is 15.1. The predicted molar refractivity (Wildman–Crippen MR) is 77.8 cm³/mol. The molecule has 0 spiro atoms. The van der Waals surface area contributed by atoms with Crippen LogP contribution in [-0.2, 0) is 0 Å². The van der Waals surface area contributed by atoms with Gasteiger partial charge in [0.15, 0.2) is 0 Å². The Kier molecular flexibility index (Phi) is 5.27. The Morgan fingerprint density at radius 3 is 2.59 bits per heavy atom. The van der Waals surface area contributed by atoms with Crippen LogP contribution in [0.1, 0.15) is 45.6 Å². The monoisotopic (exact) mass is 231 g/mol. The van der Waals surface area contributed by atoms with Crippen molar-refractivity contribution in [2.75, 3.05) is 18.0 Å². The van der Waals surface area contributed by atoms with Gasteiger partial charge in [-0.05, 0) is 43.9 Å². The second-order valence-electron chi connectivity index (χ2n) is 5.04. The highest BCUT2D eigenvalue weighted by Crippen LogP contribution is 2.22. The molecule has 0 bridgehead atoms. The first-order chi connectivity index (χ1) is 8.04. The highest BCUT2D eigenvalue weighted by Gasteiger charge is 2.06. The smallest absolute Gasteiger partial charge is 0.0369 e. The molecule has 0 aromatic heterocycles. The van der Waals surface area contributed by atoms with E-state index >= 15 is 0 Å². The van der Waals surface area contributed by atoms with Gasteiger partial charge in [-0.3, -0.25) is 0 Å². The number of hydrogen-bond donors (Lipinski definition) is 0. The Morgan fingerprint density at radius 1 is 1.35 bits per heavy atom. The Hall–Kier alpha value is -1.24. The van der Waals surface area contributed by atoms with Crippen LogP contribution in [0.5, 0.6) is 0 Å². The summed E-state index contributed by atoms with van der Waals surface area (Å²) in [6.07, 6.45) is 1.07. The number of benzene rings is 1. The zero-order valence-corrected chi connectivity index (χ0v) is 11.7. The lowest BCUT2D eigenvalue weighted by molar-refractivity contribution is 0.799. The summed E-state index contributed by atoms with van der Waals surface area (Å²) in [7, 11) is 0. The van der Waals surface area contributed by atoms with Crippen molar-refractivity contribution < 1.29 is 0 Å². The van der Waals surface area contributed by atoms with Gasteiger partial charge in [0.2, 0.25) is 0 Å². The van der Waals surface area contributed by atoms with Crippen molar-refractivity contribution in [1.29, 1.82) is 0 Å². The third-order valence-electron chi connectivity index (χ3n) is 3.09. The van der Waals surface area contributed by atoms with E-state index in [0.29, 0.717) is 5.92 Å². The fourth-order valence-corrected chi connectivity index (χ4v) is 1.88. The first-order valence-corrected chi connectivity index (χ1v) is 6.54. The molecule has 0 aliphatic rings. The predicted octanol–water partition coefficient (Wildman–Crippen LogP) is 4.60. The van der Waals surface area contributed by atoms with E-state index in [-0.39, 0.29) is 0 Å². The maximum atomic E-state index is 3.97. The third kappa shape index (κ3) is 4.26. The molecular weight excluding hydrogens is 206 g/mol. The molecule has 0 fully saturated rings. The third-order valence-corrected chi connectivity index (χ3v) is 3.09. The van der Waals surface area contributed by atoms with Crippen LogP contribution in [0.3, 0.4) is 0 Å². The van der Waals surface area contributed by atoms with E-state index in [4.69, 9.17) is 0 Å². The minimum atomic E-state index is 0.592. The molecule has 0 radical (unpaired) electrons. The van der Waals surface area contributed by atoms with E-state index in [2.05, 4.69) is 63.4 Å². The van der Waals surface area contributed by atoms with Crippen LogP contribution in [0.2, 0.25) is 0 Å². The maximum absolute atomic E-state index is 3.97. The number of rotatable bonds is 6. The Labute approximate surface area is 106 Å². The van der Waals surface area contributed by atoms with Crippen LogP contribution >= 0.6 is 0 Å². The molecule has 0 aliphatic carbocycles. The van der Waals surface area contributed by atoms with Crippen molar-refractivity contribution in [3.05, 3.63) is 42.0 Å². The van der Waals surface area contributed by atoms with E-state index in [1.165, 1.54) is 16.8 Å². The van der Waals surface area contributed by atoms with Gasteiger partial charge in [0.1, 0.15) is 0 Å². The standard InChI is InChI=1S/C16H25N/c1-6-17(11-10-13(2)3)16-9-7-8-15(12-16)14(4)5/h7-9,12,14H,2,6,10-11H2,1,3-5H3. The maximum Gasteiger partial charge on any atom is 0.0369 e. The first-order valence-electron chi connectivity index (χ1n) is 6.54. The lowest BCUT2D eigenvalue weighted by atomic mass is 10.0. The molecule has 0 saturated carbocycles. The summed E-state index contributed by atoms with van der Waals surface area (Å²) in [5, 5.41) is 0. The van der Waals surface area contributed by atoms with E-state index in [0.717, 1.165) is 19.5 Å². The Balaban J connectivity index is 2.80. The summed E-state index contributed by atoms with van der Waals surface area (Å²) >= 11 is 0. The fourth-order valence-electron chi connectivity index (χ4n) is 1.88. The fraction of sp³-hybridized carbons (Fsp3) is 0.500. The second kappa shape index (κ2) is 6.48. The molecule has 0 heterocycles. The molecule has 1 heteroatoms. The molecule has 1 rings (SSSR count). The van der Waals surface area contributed by atoms with E-state index in [9.17, 15) is 0 Å². The lowest BCUT2D eigenvalue weighted by Gasteiger charge is -2.24. The van der Waals surface area contributed by atoms with Crippen LogP contribution in [-0.4, -0.2) is 13.1 Å². The minimum absolute atomic E-state index is 0.592. The normalized spacial score (nSPS) is 10.6. The van der Waals surface area contributed by atoms with Crippen molar-refractivity contribution >= 4 is 5.69 Å². The number of anilines is 1. The van der Waals surface area contributed by atoms with Gasteiger partial charge in [-0.25, -0.2) is 0 Å². The van der Waals surface area contributed by atoms with Crippen LogP contribution in [0.15, 0.2) is 36.4 Å². The van der Waals surface area contributed by atoms with Crippen LogP contribution in [0, 0.1) is 0 Å². The second-order valence-corrected chi connectivity index (χ2v) is 5.04. The summed E-state index contributed by atoms with van der Waals surface area (Å²) < 4.78 is 0. The lowest BCUT2D eigenvalue weighted by Crippen LogP contribution is -2.24. The molecule has 1 aromatic rings. The molecule has 1 aromatic carbocycles. The average Bonchev–Trinajstić information content (AvgIpc) is 2.30. The molecule has 0 aliphatic heterocycles. The average molecular weight is 231 g/mol. The van der Waals surface area contributed by atoms with Gasteiger partial charge < -0.3 is 4.90 Å². The summed E-state index contributed by atoms with van der Waals surface area (Å²) in [6.45, 7) is 14.9. The largest absolute Gasteiger partial charge is 0.371 e. The van der Waals surface area contributed by atoms with Gasteiger partial charge >= 0.3 is 0 Å². The molecule has 0 amide bonds. The van der Waals surface area contributed by atoms with Gasteiger partial charge in [0.05, 0.1) is 0 Å². The summed E-state index contributed by atoms with van der Waals surface area (Å²) in [5.74, 6) is 0.592. The van der Waals surface area contributed by atoms with Crippen molar-refractivity contribution in [2.45, 2.75) is 40.0 Å². The Bertz CT molecular complexity index is 366. The SMILES string of the molecule is C=C(C)CCN(CC)c1cccc(C(C)C)c1. The summed E-state index contributed by atoms with van der Waals surface area (Å²) in [4.78, 5) is 2.42.